The Morgan fingerprint density at radius 2 is 2.00 bits per heavy atom. The minimum absolute atomic E-state index is 0.0769. The summed E-state index contributed by atoms with van der Waals surface area (Å²) in [5.41, 5.74) is 1.27. The summed E-state index contributed by atoms with van der Waals surface area (Å²) in [6.07, 6.45) is 0.0769. The fourth-order valence-corrected chi connectivity index (χ4v) is 3.28. The molecule has 2 atom stereocenters. The second kappa shape index (κ2) is 8.08. The van der Waals surface area contributed by atoms with Crippen LogP contribution in [0.3, 0.4) is 0 Å². The average molecular weight is 383 g/mol. The topological polar surface area (TPSA) is 102 Å². The molecule has 0 aromatic heterocycles. The van der Waals surface area contributed by atoms with Crippen molar-refractivity contribution >= 4 is 23.2 Å². The van der Waals surface area contributed by atoms with Crippen LogP contribution in [-0.2, 0) is 9.59 Å². The lowest BCUT2D eigenvalue weighted by Gasteiger charge is -2.20. The molecule has 1 aliphatic heterocycles. The molecule has 1 aliphatic rings. The number of carbonyl (C=O) groups excluding carboxylic acids is 2. The molecule has 8 nitrogen and oxygen atoms in total. The third-order valence-electron chi connectivity index (χ3n) is 4.82. The van der Waals surface area contributed by atoms with Gasteiger partial charge in [0.2, 0.25) is 11.8 Å². The first kappa shape index (κ1) is 19.3. The minimum Gasteiger partial charge on any atom is -0.494 e. The molecule has 2 aromatic carbocycles. The summed E-state index contributed by atoms with van der Waals surface area (Å²) in [6, 6.07) is 13.5. The highest BCUT2D eigenvalue weighted by atomic mass is 16.6. The summed E-state index contributed by atoms with van der Waals surface area (Å²) in [7, 11) is 1.38. The highest BCUT2D eigenvalue weighted by molar-refractivity contribution is 6.01. The van der Waals surface area contributed by atoms with Crippen LogP contribution in [0.15, 0.2) is 48.5 Å². The zero-order chi connectivity index (χ0) is 20.3. The van der Waals surface area contributed by atoms with E-state index >= 15 is 0 Å². The fourth-order valence-electron chi connectivity index (χ4n) is 3.28. The predicted molar refractivity (Wildman–Crippen MR) is 103 cm³/mol. The van der Waals surface area contributed by atoms with E-state index in [1.807, 2.05) is 37.3 Å². The van der Waals surface area contributed by atoms with Crippen LogP contribution in [0.4, 0.5) is 11.4 Å². The Morgan fingerprint density at radius 1 is 1.29 bits per heavy atom. The molecule has 146 valence electrons. The van der Waals surface area contributed by atoms with Crippen molar-refractivity contribution in [1.29, 1.82) is 0 Å². The molecule has 28 heavy (non-hydrogen) atoms. The van der Waals surface area contributed by atoms with Crippen LogP contribution in [0.2, 0.25) is 0 Å². The zero-order valence-electron chi connectivity index (χ0n) is 15.6. The summed E-state index contributed by atoms with van der Waals surface area (Å²) in [4.78, 5) is 37.0. The monoisotopic (exact) mass is 383 g/mol. The molecule has 1 N–H and O–H groups in total. The van der Waals surface area contributed by atoms with Crippen molar-refractivity contribution in [2.45, 2.75) is 19.4 Å². The van der Waals surface area contributed by atoms with Crippen LogP contribution >= 0.6 is 0 Å². The molecule has 0 radical (unpaired) electrons. The Kier molecular flexibility index (Phi) is 5.58. The normalized spacial score (nSPS) is 17.3. The van der Waals surface area contributed by atoms with Gasteiger partial charge >= 0.3 is 0 Å². The van der Waals surface area contributed by atoms with Crippen LogP contribution in [0.5, 0.6) is 5.75 Å². The van der Waals surface area contributed by atoms with E-state index in [0.717, 1.165) is 5.56 Å². The number of anilines is 1. The predicted octanol–water partition coefficient (Wildman–Crippen LogP) is 2.83. The van der Waals surface area contributed by atoms with Crippen LogP contribution in [0.1, 0.15) is 24.9 Å². The number of non-ortho nitro benzene ring substituents is 1. The van der Waals surface area contributed by atoms with Crippen LogP contribution < -0.4 is 15.0 Å². The van der Waals surface area contributed by atoms with Gasteiger partial charge in [0.15, 0.2) is 0 Å². The number of rotatable bonds is 6. The number of nitrogens with zero attached hydrogens (tertiary/aromatic N) is 2. The molecule has 3 rings (SSSR count). The molecule has 1 fully saturated rings. The molecule has 2 amide bonds. The summed E-state index contributed by atoms with van der Waals surface area (Å²) in [5.74, 6) is -0.701. The summed E-state index contributed by atoms with van der Waals surface area (Å²) in [6.45, 7) is 2.08. The van der Waals surface area contributed by atoms with E-state index < -0.39 is 10.8 Å². The summed E-state index contributed by atoms with van der Waals surface area (Å²) >= 11 is 0. The van der Waals surface area contributed by atoms with Crippen molar-refractivity contribution in [2.24, 2.45) is 5.92 Å². The van der Waals surface area contributed by atoms with Gasteiger partial charge in [-0.2, -0.15) is 0 Å². The first-order chi connectivity index (χ1) is 13.4. The highest BCUT2D eigenvalue weighted by Gasteiger charge is 2.37. The van der Waals surface area contributed by atoms with Gasteiger partial charge in [0, 0.05) is 19.0 Å². The Balaban J connectivity index is 1.73. The van der Waals surface area contributed by atoms with Gasteiger partial charge < -0.3 is 15.0 Å². The smallest absolute Gasteiger partial charge is 0.273 e. The van der Waals surface area contributed by atoms with Gasteiger partial charge in [-0.15, -0.1) is 0 Å². The Hall–Kier alpha value is -3.42. The molecule has 0 saturated carbocycles. The second-order valence-corrected chi connectivity index (χ2v) is 6.66. The molecule has 1 heterocycles. The number of nitrogens with one attached hydrogen (secondary N) is 1. The maximum Gasteiger partial charge on any atom is 0.273 e. The number of hydrogen-bond acceptors (Lipinski definition) is 5. The quantitative estimate of drug-likeness (QED) is 0.610. The zero-order valence-corrected chi connectivity index (χ0v) is 15.6. The van der Waals surface area contributed by atoms with Gasteiger partial charge in [-0.3, -0.25) is 19.7 Å². The lowest BCUT2D eigenvalue weighted by molar-refractivity contribution is -0.384. The average Bonchev–Trinajstić information content (AvgIpc) is 3.09. The largest absolute Gasteiger partial charge is 0.494 e. The Morgan fingerprint density at radius 3 is 2.64 bits per heavy atom. The van der Waals surface area contributed by atoms with Gasteiger partial charge in [0.1, 0.15) is 5.75 Å². The Bertz CT molecular complexity index is 900. The molecule has 2 aromatic rings. The van der Waals surface area contributed by atoms with Gasteiger partial charge in [-0.25, -0.2) is 0 Å². The molecular weight excluding hydrogens is 362 g/mol. The Labute approximate surface area is 162 Å². The number of nitro benzene ring substituents is 1. The van der Waals surface area contributed by atoms with Crippen molar-refractivity contribution in [1.82, 2.24) is 5.32 Å². The van der Waals surface area contributed by atoms with Gasteiger partial charge in [-0.1, -0.05) is 30.3 Å². The van der Waals surface area contributed by atoms with Crippen molar-refractivity contribution in [3.05, 3.63) is 64.2 Å². The maximum absolute atomic E-state index is 12.6. The maximum atomic E-state index is 12.6. The highest BCUT2D eigenvalue weighted by Crippen LogP contribution is 2.35. The van der Waals surface area contributed by atoms with E-state index in [1.54, 1.807) is 0 Å². The van der Waals surface area contributed by atoms with Gasteiger partial charge in [0.05, 0.1) is 35.7 Å². The van der Waals surface area contributed by atoms with E-state index in [2.05, 4.69) is 5.32 Å². The van der Waals surface area contributed by atoms with Crippen molar-refractivity contribution in [3.63, 3.8) is 0 Å². The van der Waals surface area contributed by atoms with E-state index in [-0.39, 0.29) is 42.3 Å². The SMILES string of the molecule is COc1cc([N+](=O)[O-])ccc1N1C[C@H](C(=O)N[C@H](C)c2ccccc2)CC1=O. The van der Waals surface area contributed by atoms with Crippen molar-refractivity contribution in [2.75, 3.05) is 18.6 Å². The van der Waals surface area contributed by atoms with Crippen LogP contribution in [-0.4, -0.2) is 30.4 Å². The number of hydrogen-bond donors (Lipinski definition) is 1. The molecular formula is C20H21N3O5. The second-order valence-electron chi connectivity index (χ2n) is 6.66. The van der Waals surface area contributed by atoms with Gasteiger partial charge in [0.25, 0.3) is 5.69 Å². The van der Waals surface area contributed by atoms with Crippen molar-refractivity contribution < 1.29 is 19.2 Å². The third-order valence-corrected chi connectivity index (χ3v) is 4.82. The molecule has 0 bridgehead atoms. The van der Waals surface area contributed by atoms with E-state index in [1.165, 1.54) is 30.2 Å². The standard InChI is InChI=1S/C20H21N3O5/c1-13(14-6-4-3-5-7-14)21-20(25)15-10-19(24)22(12-15)17-9-8-16(23(26)27)11-18(17)28-2/h3-9,11,13,15H,10,12H2,1-2H3,(H,21,25)/t13-,15-/m1/s1. The van der Waals surface area contributed by atoms with E-state index in [9.17, 15) is 19.7 Å². The van der Waals surface area contributed by atoms with Crippen molar-refractivity contribution in [3.8, 4) is 5.75 Å². The molecule has 0 spiro atoms. The summed E-state index contributed by atoms with van der Waals surface area (Å²) in [5, 5.41) is 13.9. The molecule has 8 heteroatoms. The van der Waals surface area contributed by atoms with Crippen LogP contribution in [0.25, 0.3) is 0 Å². The molecule has 1 saturated heterocycles. The summed E-state index contributed by atoms with van der Waals surface area (Å²) < 4.78 is 5.22. The molecule has 0 aliphatic carbocycles. The van der Waals surface area contributed by atoms with E-state index in [4.69, 9.17) is 4.74 Å². The lowest BCUT2D eigenvalue weighted by Crippen LogP contribution is -2.34. The number of carbonyl (C=O) groups is 2. The van der Waals surface area contributed by atoms with Crippen LogP contribution in [0, 0.1) is 16.0 Å². The van der Waals surface area contributed by atoms with Gasteiger partial charge in [-0.05, 0) is 18.6 Å². The number of amides is 2. The minimum atomic E-state index is -0.528. The molecule has 0 unspecified atom stereocenters. The number of methoxy groups -OCH3 is 1. The lowest BCUT2D eigenvalue weighted by atomic mass is 10.1. The number of benzene rings is 2. The first-order valence-electron chi connectivity index (χ1n) is 8.88. The number of nitro groups is 1. The first-order valence-corrected chi connectivity index (χ1v) is 8.88. The van der Waals surface area contributed by atoms with E-state index in [0.29, 0.717) is 5.69 Å². The number of ether oxygens (including phenoxy) is 1. The fraction of sp³-hybridized carbons (Fsp3) is 0.300. The third kappa shape index (κ3) is 3.95.